The van der Waals surface area contributed by atoms with Crippen molar-refractivity contribution in [1.82, 2.24) is 9.62 Å². The highest BCUT2D eigenvalue weighted by Crippen LogP contribution is 2.39. The van der Waals surface area contributed by atoms with Crippen LogP contribution in [0.4, 0.5) is 0 Å². The predicted molar refractivity (Wildman–Crippen MR) is 108 cm³/mol. The molecular weight excluding hydrogens is 376 g/mol. The number of hydrogen-bond acceptors (Lipinski definition) is 4. The molecule has 0 bridgehead atoms. The van der Waals surface area contributed by atoms with Crippen LogP contribution in [0.25, 0.3) is 0 Å². The second-order valence-electron chi connectivity index (χ2n) is 6.88. The lowest BCUT2D eigenvalue weighted by Gasteiger charge is -2.20. The van der Waals surface area contributed by atoms with E-state index in [0.717, 1.165) is 12.0 Å². The lowest BCUT2D eigenvalue weighted by Crippen LogP contribution is -2.36. The molecule has 1 heterocycles. The topological polar surface area (TPSA) is 75.7 Å². The molecular formula is C21H26N2O4S. The lowest BCUT2D eigenvalue weighted by atomic mass is 9.87. The number of ether oxygens (including phenoxy) is 1. The summed E-state index contributed by atoms with van der Waals surface area (Å²) in [5, 5.41) is 2.92. The van der Waals surface area contributed by atoms with Crippen molar-refractivity contribution in [2.75, 3.05) is 26.7 Å². The fraction of sp³-hybridized carbons (Fsp3) is 0.381. The Kier molecular flexibility index (Phi) is 6.36. The highest BCUT2D eigenvalue weighted by Gasteiger charge is 2.44. The maximum absolute atomic E-state index is 13.1. The van der Waals surface area contributed by atoms with Gasteiger partial charge >= 0.3 is 0 Å². The van der Waals surface area contributed by atoms with Crippen LogP contribution in [0.2, 0.25) is 0 Å². The van der Waals surface area contributed by atoms with Crippen LogP contribution in [-0.2, 0) is 14.8 Å². The van der Waals surface area contributed by atoms with Gasteiger partial charge in [-0.1, -0.05) is 43.3 Å². The number of nitrogens with one attached hydrogen (secondary N) is 1. The summed E-state index contributed by atoms with van der Waals surface area (Å²) in [4.78, 5) is 13.1. The number of hydrogen-bond donors (Lipinski definition) is 1. The Morgan fingerprint density at radius 3 is 2.46 bits per heavy atom. The number of rotatable bonds is 7. The van der Waals surface area contributed by atoms with E-state index in [-0.39, 0.29) is 29.8 Å². The zero-order chi connectivity index (χ0) is 20.1. The minimum atomic E-state index is -3.67. The van der Waals surface area contributed by atoms with E-state index in [4.69, 9.17) is 4.74 Å². The van der Waals surface area contributed by atoms with Crippen LogP contribution in [0.3, 0.4) is 0 Å². The first-order chi connectivity index (χ1) is 13.5. The van der Waals surface area contributed by atoms with Gasteiger partial charge in [0.2, 0.25) is 15.9 Å². The molecule has 0 radical (unpaired) electrons. The predicted octanol–water partition coefficient (Wildman–Crippen LogP) is 2.63. The second kappa shape index (κ2) is 8.75. The van der Waals surface area contributed by atoms with Crippen LogP contribution >= 0.6 is 0 Å². The van der Waals surface area contributed by atoms with E-state index >= 15 is 0 Å². The van der Waals surface area contributed by atoms with Crippen molar-refractivity contribution in [3.05, 3.63) is 60.2 Å². The Morgan fingerprint density at radius 2 is 1.79 bits per heavy atom. The van der Waals surface area contributed by atoms with Crippen molar-refractivity contribution in [1.29, 1.82) is 0 Å². The molecule has 150 valence electrons. The summed E-state index contributed by atoms with van der Waals surface area (Å²) >= 11 is 0. The Hall–Kier alpha value is -2.38. The van der Waals surface area contributed by atoms with E-state index in [0.29, 0.717) is 12.3 Å². The highest BCUT2D eigenvalue weighted by atomic mass is 32.2. The summed E-state index contributed by atoms with van der Waals surface area (Å²) < 4.78 is 33.1. The molecule has 1 saturated heterocycles. The Morgan fingerprint density at radius 1 is 1.11 bits per heavy atom. The molecule has 0 spiro atoms. The van der Waals surface area contributed by atoms with Gasteiger partial charge in [0.05, 0.1) is 17.9 Å². The number of carbonyl (C=O) groups is 1. The van der Waals surface area contributed by atoms with Gasteiger partial charge in [0.25, 0.3) is 0 Å². The molecule has 1 amide bonds. The van der Waals surface area contributed by atoms with Crippen molar-refractivity contribution in [2.24, 2.45) is 5.92 Å². The normalized spacial score (nSPS) is 20.1. The number of amides is 1. The summed E-state index contributed by atoms with van der Waals surface area (Å²) in [5.74, 6) is -0.198. The molecule has 0 aliphatic carbocycles. The number of benzene rings is 2. The SMILES string of the molecule is CCCNC(=O)[C@@H]1CN(S(=O)(=O)c2ccccc2)C[C@@H]1c1ccccc1OC. The minimum Gasteiger partial charge on any atom is -0.496 e. The quantitative estimate of drug-likeness (QED) is 0.773. The molecule has 0 aromatic heterocycles. The molecule has 1 N–H and O–H groups in total. The van der Waals surface area contributed by atoms with Gasteiger partial charge in [0.15, 0.2) is 0 Å². The van der Waals surface area contributed by atoms with Gasteiger partial charge in [0, 0.05) is 25.6 Å². The minimum absolute atomic E-state index is 0.122. The van der Waals surface area contributed by atoms with Crippen LogP contribution in [0.15, 0.2) is 59.5 Å². The van der Waals surface area contributed by atoms with Crippen molar-refractivity contribution in [3.8, 4) is 5.75 Å². The zero-order valence-electron chi connectivity index (χ0n) is 16.2. The van der Waals surface area contributed by atoms with Crippen molar-refractivity contribution in [3.63, 3.8) is 0 Å². The molecule has 1 aliphatic rings. The molecule has 3 rings (SSSR count). The first-order valence-corrected chi connectivity index (χ1v) is 10.9. The molecule has 2 atom stereocenters. The van der Waals surface area contributed by atoms with E-state index < -0.39 is 15.9 Å². The van der Waals surface area contributed by atoms with Crippen molar-refractivity contribution >= 4 is 15.9 Å². The van der Waals surface area contributed by atoms with Gasteiger partial charge in [-0.05, 0) is 30.2 Å². The molecule has 28 heavy (non-hydrogen) atoms. The lowest BCUT2D eigenvalue weighted by molar-refractivity contribution is -0.124. The van der Waals surface area contributed by atoms with Gasteiger partial charge in [0.1, 0.15) is 5.75 Å². The Balaban J connectivity index is 1.96. The fourth-order valence-corrected chi connectivity index (χ4v) is 5.15. The van der Waals surface area contributed by atoms with Crippen LogP contribution in [0.5, 0.6) is 5.75 Å². The van der Waals surface area contributed by atoms with Crippen molar-refractivity contribution in [2.45, 2.75) is 24.2 Å². The molecule has 7 heteroatoms. The van der Waals surface area contributed by atoms with E-state index in [1.165, 1.54) is 4.31 Å². The van der Waals surface area contributed by atoms with E-state index in [9.17, 15) is 13.2 Å². The third-order valence-electron chi connectivity index (χ3n) is 5.09. The molecule has 6 nitrogen and oxygen atoms in total. The maximum Gasteiger partial charge on any atom is 0.243 e. The smallest absolute Gasteiger partial charge is 0.243 e. The second-order valence-corrected chi connectivity index (χ2v) is 8.82. The number of sulfonamides is 1. The highest BCUT2D eigenvalue weighted by molar-refractivity contribution is 7.89. The third-order valence-corrected chi connectivity index (χ3v) is 6.94. The fourth-order valence-electron chi connectivity index (χ4n) is 3.64. The summed E-state index contributed by atoms with van der Waals surface area (Å²) in [5.41, 5.74) is 0.854. The maximum atomic E-state index is 13.1. The number of carbonyl (C=O) groups excluding carboxylic acids is 1. The first kappa shape index (κ1) is 20.4. The van der Waals surface area contributed by atoms with Crippen LogP contribution in [0.1, 0.15) is 24.8 Å². The van der Waals surface area contributed by atoms with Gasteiger partial charge in [-0.3, -0.25) is 4.79 Å². The van der Waals surface area contributed by atoms with Crippen LogP contribution < -0.4 is 10.1 Å². The molecule has 0 saturated carbocycles. The number of para-hydroxylation sites is 1. The summed E-state index contributed by atoms with van der Waals surface area (Å²) in [6.45, 7) is 2.94. The zero-order valence-corrected chi connectivity index (χ0v) is 17.0. The van der Waals surface area contributed by atoms with Gasteiger partial charge in [-0.2, -0.15) is 4.31 Å². The number of nitrogens with zero attached hydrogens (tertiary/aromatic N) is 1. The summed E-state index contributed by atoms with van der Waals surface area (Å²) in [6, 6.07) is 15.8. The molecule has 2 aromatic rings. The largest absolute Gasteiger partial charge is 0.496 e. The van der Waals surface area contributed by atoms with Gasteiger partial charge in [-0.15, -0.1) is 0 Å². The number of methoxy groups -OCH3 is 1. The van der Waals surface area contributed by atoms with Gasteiger partial charge < -0.3 is 10.1 Å². The molecule has 1 fully saturated rings. The monoisotopic (exact) mass is 402 g/mol. The summed E-state index contributed by atoms with van der Waals surface area (Å²) in [7, 11) is -2.09. The van der Waals surface area contributed by atoms with Crippen LogP contribution in [-0.4, -0.2) is 45.4 Å². The average molecular weight is 403 g/mol. The molecule has 0 unspecified atom stereocenters. The van der Waals surface area contributed by atoms with E-state index in [2.05, 4.69) is 5.32 Å². The summed E-state index contributed by atoms with van der Waals surface area (Å²) in [6.07, 6.45) is 0.823. The first-order valence-electron chi connectivity index (χ1n) is 9.44. The van der Waals surface area contributed by atoms with Crippen LogP contribution in [0, 0.1) is 5.92 Å². The standard InChI is InChI=1S/C21H26N2O4S/c1-3-13-22-21(24)19-15-23(28(25,26)16-9-5-4-6-10-16)14-18(19)17-11-7-8-12-20(17)27-2/h4-12,18-19H,3,13-15H2,1-2H3,(H,22,24)/t18-,19-/m1/s1. The van der Waals surface area contributed by atoms with E-state index in [1.807, 2.05) is 31.2 Å². The molecule has 1 aliphatic heterocycles. The Bertz CT molecular complexity index is 915. The van der Waals surface area contributed by atoms with Crippen molar-refractivity contribution < 1.29 is 17.9 Å². The van der Waals surface area contributed by atoms with E-state index in [1.54, 1.807) is 37.4 Å². The van der Waals surface area contributed by atoms with Gasteiger partial charge in [-0.25, -0.2) is 8.42 Å². The Labute approximate surface area is 166 Å². The third kappa shape index (κ3) is 4.05. The molecule has 2 aromatic carbocycles. The average Bonchev–Trinajstić information content (AvgIpc) is 3.19.